The first kappa shape index (κ1) is 12.3. The molecular formula is C13H14FN3O. The van der Waals surface area contributed by atoms with E-state index in [1.165, 1.54) is 6.07 Å². The maximum absolute atomic E-state index is 13.4. The molecule has 0 aliphatic carbocycles. The lowest BCUT2D eigenvalue weighted by Gasteiger charge is -2.04. The average Bonchev–Trinajstić information content (AvgIpc) is 2.64. The third-order valence-corrected chi connectivity index (χ3v) is 2.82. The standard InChI is InChI=1S/C13H14FN3O/c1-8-9(2)16-17-13(8)15-12(18)7-10-5-3-4-6-11(10)14/h3-6H,7H2,1-2H3,(H2,15,16,17,18). The van der Waals surface area contributed by atoms with Gasteiger partial charge in [0.2, 0.25) is 5.91 Å². The number of halogens is 1. The van der Waals surface area contributed by atoms with Crippen molar-refractivity contribution in [3.05, 3.63) is 46.9 Å². The molecular weight excluding hydrogens is 233 g/mol. The van der Waals surface area contributed by atoms with Crippen LogP contribution < -0.4 is 5.32 Å². The van der Waals surface area contributed by atoms with E-state index in [-0.39, 0.29) is 18.1 Å². The highest BCUT2D eigenvalue weighted by atomic mass is 19.1. The van der Waals surface area contributed by atoms with Crippen LogP contribution in [-0.4, -0.2) is 16.1 Å². The molecule has 94 valence electrons. The summed E-state index contributed by atoms with van der Waals surface area (Å²) in [5.74, 6) is -0.161. The quantitative estimate of drug-likeness (QED) is 0.874. The first-order chi connectivity index (χ1) is 8.58. The molecule has 5 heteroatoms. The fourth-order valence-corrected chi connectivity index (χ4v) is 1.60. The minimum atomic E-state index is -0.373. The second-order valence-electron chi connectivity index (χ2n) is 4.14. The average molecular weight is 247 g/mol. The number of amides is 1. The van der Waals surface area contributed by atoms with Gasteiger partial charge in [-0.25, -0.2) is 4.39 Å². The number of H-pyrrole nitrogens is 1. The van der Waals surface area contributed by atoms with Crippen molar-refractivity contribution in [2.45, 2.75) is 20.3 Å². The molecule has 1 amide bonds. The van der Waals surface area contributed by atoms with E-state index >= 15 is 0 Å². The fourth-order valence-electron chi connectivity index (χ4n) is 1.60. The van der Waals surface area contributed by atoms with Crippen molar-refractivity contribution >= 4 is 11.7 Å². The molecule has 4 nitrogen and oxygen atoms in total. The van der Waals surface area contributed by atoms with E-state index < -0.39 is 0 Å². The Morgan fingerprint density at radius 1 is 1.39 bits per heavy atom. The van der Waals surface area contributed by atoms with Gasteiger partial charge in [0, 0.05) is 11.3 Å². The minimum absolute atomic E-state index is 0.00196. The highest BCUT2D eigenvalue weighted by Gasteiger charge is 2.11. The van der Waals surface area contributed by atoms with Gasteiger partial charge in [-0.15, -0.1) is 0 Å². The molecule has 0 spiro atoms. The van der Waals surface area contributed by atoms with Gasteiger partial charge in [0.25, 0.3) is 0 Å². The molecule has 1 aromatic carbocycles. The van der Waals surface area contributed by atoms with Crippen LogP contribution in [0.4, 0.5) is 10.2 Å². The van der Waals surface area contributed by atoms with Crippen LogP contribution in [0.3, 0.4) is 0 Å². The molecule has 0 aliphatic rings. The van der Waals surface area contributed by atoms with Crippen molar-refractivity contribution < 1.29 is 9.18 Å². The van der Waals surface area contributed by atoms with Crippen LogP contribution in [0.25, 0.3) is 0 Å². The zero-order valence-electron chi connectivity index (χ0n) is 10.2. The van der Waals surface area contributed by atoms with Crippen molar-refractivity contribution in [2.75, 3.05) is 5.32 Å². The molecule has 1 aromatic heterocycles. The molecule has 2 aromatic rings. The van der Waals surface area contributed by atoms with Gasteiger partial charge in [-0.3, -0.25) is 9.89 Å². The lowest BCUT2D eigenvalue weighted by Crippen LogP contribution is -2.16. The maximum Gasteiger partial charge on any atom is 0.230 e. The minimum Gasteiger partial charge on any atom is -0.309 e. The van der Waals surface area contributed by atoms with Crippen LogP contribution in [0, 0.1) is 19.7 Å². The maximum atomic E-state index is 13.4. The van der Waals surface area contributed by atoms with E-state index in [0.29, 0.717) is 11.4 Å². The number of aryl methyl sites for hydroxylation is 1. The van der Waals surface area contributed by atoms with E-state index in [4.69, 9.17) is 0 Å². The number of carbonyl (C=O) groups excluding carboxylic acids is 1. The smallest absolute Gasteiger partial charge is 0.230 e. The topological polar surface area (TPSA) is 57.8 Å². The number of hydrogen-bond acceptors (Lipinski definition) is 2. The number of carbonyl (C=O) groups is 1. The molecule has 0 atom stereocenters. The largest absolute Gasteiger partial charge is 0.309 e. The van der Waals surface area contributed by atoms with Crippen LogP contribution in [0.1, 0.15) is 16.8 Å². The van der Waals surface area contributed by atoms with Crippen LogP contribution in [0.15, 0.2) is 24.3 Å². The summed E-state index contributed by atoms with van der Waals surface area (Å²) in [6.07, 6.45) is -0.00196. The van der Waals surface area contributed by atoms with Crippen LogP contribution in [0.5, 0.6) is 0 Å². The molecule has 0 unspecified atom stereocenters. The number of hydrogen-bond donors (Lipinski definition) is 2. The highest BCUT2D eigenvalue weighted by Crippen LogP contribution is 2.14. The molecule has 0 saturated carbocycles. The van der Waals surface area contributed by atoms with E-state index in [1.54, 1.807) is 18.2 Å². The Balaban J connectivity index is 2.06. The molecule has 1 heterocycles. The van der Waals surface area contributed by atoms with Gasteiger partial charge >= 0.3 is 0 Å². The zero-order valence-corrected chi connectivity index (χ0v) is 10.2. The number of aromatic amines is 1. The Bertz CT molecular complexity index is 577. The first-order valence-corrected chi connectivity index (χ1v) is 5.62. The molecule has 0 aliphatic heterocycles. The number of anilines is 1. The molecule has 2 N–H and O–H groups in total. The summed E-state index contributed by atoms with van der Waals surface area (Å²) in [6, 6.07) is 6.23. The van der Waals surface area contributed by atoms with Gasteiger partial charge in [0.05, 0.1) is 6.42 Å². The van der Waals surface area contributed by atoms with Crippen LogP contribution in [0.2, 0.25) is 0 Å². The van der Waals surface area contributed by atoms with Gasteiger partial charge in [0.1, 0.15) is 5.82 Å². The number of rotatable bonds is 3. The van der Waals surface area contributed by atoms with Crippen molar-refractivity contribution in [3.8, 4) is 0 Å². The predicted octanol–water partition coefficient (Wildman–Crippen LogP) is 2.35. The van der Waals surface area contributed by atoms with Crippen molar-refractivity contribution in [1.29, 1.82) is 0 Å². The summed E-state index contributed by atoms with van der Waals surface area (Å²) in [5.41, 5.74) is 2.16. The fraction of sp³-hybridized carbons (Fsp3) is 0.231. The summed E-state index contributed by atoms with van der Waals surface area (Å²) < 4.78 is 13.4. The van der Waals surface area contributed by atoms with E-state index in [1.807, 2.05) is 13.8 Å². The summed E-state index contributed by atoms with van der Waals surface area (Å²) in [7, 11) is 0. The van der Waals surface area contributed by atoms with E-state index in [2.05, 4.69) is 15.5 Å². The summed E-state index contributed by atoms with van der Waals surface area (Å²) in [4.78, 5) is 11.8. The molecule has 0 saturated heterocycles. The summed E-state index contributed by atoms with van der Waals surface area (Å²) in [6.45, 7) is 3.73. The normalized spacial score (nSPS) is 10.4. The van der Waals surface area contributed by atoms with Gasteiger partial charge in [0.15, 0.2) is 5.82 Å². The molecule has 0 radical (unpaired) electrons. The lowest BCUT2D eigenvalue weighted by atomic mass is 10.1. The third-order valence-electron chi connectivity index (χ3n) is 2.82. The number of aromatic nitrogens is 2. The number of benzene rings is 1. The Hall–Kier alpha value is -2.17. The van der Waals surface area contributed by atoms with Crippen molar-refractivity contribution in [2.24, 2.45) is 0 Å². The van der Waals surface area contributed by atoms with Crippen molar-refractivity contribution in [1.82, 2.24) is 10.2 Å². The predicted molar refractivity (Wildman–Crippen MR) is 66.8 cm³/mol. The SMILES string of the molecule is Cc1[nH]nc(NC(=O)Cc2ccccc2F)c1C. The third kappa shape index (κ3) is 2.56. The van der Waals surface area contributed by atoms with E-state index in [9.17, 15) is 9.18 Å². The molecule has 18 heavy (non-hydrogen) atoms. The summed E-state index contributed by atoms with van der Waals surface area (Å²) in [5, 5.41) is 9.41. The zero-order chi connectivity index (χ0) is 13.1. The number of nitrogens with zero attached hydrogens (tertiary/aromatic N) is 1. The second-order valence-corrected chi connectivity index (χ2v) is 4.14. The Morgan fingerprint density at radius 3 is 2.72 bits per heavy atom. The Morgan fingerprint density at radius 2 is 2.11 bits per heavy atom. The number of nitrogens with one attached hydrogen (secondary N) is 2. The lowest BCUT2D eigenvalue weighted by molar-refractivity contribution is -0.115. The monoisotopic (exact) mass is 247 g/mol. The van der Waals surface area contributed by atoms with Gasteiger partial charge < -0.3 is 5.32 Å². The Labute approximate surface area is 104 Å². The van der Waals surface area contributed by atoms with Crippen LogP contribution >= 0.6 is 0 Å². The van der Waals surface area contributed by atoms with Crippen molar-refractivity contribution in [3.63, 3.8) is 0 Å². The first-order valence-electron chi connectivity index (χ1n) is 5.62. The van der Waals surface area contributed by atoms with E-state index in [0.717, 1.165) is 11.3 Å². The molecule has 0 fully saturated rings. The van der Waals surface area contributed by atoms with Gasteiger partial charge in [-0.05, 0) is 25.5 Å². The summed E-state index contributed by atoms with van der Waals surface area (Å²) >= 11 is 0. The highest BCUT2D eigenvalue weighted by molar-refractivity contribution is 5.92. The Kier molecular flexibility index (Phi) is 3.41. The second kappa shape index (κ2) is 5.00. The van der Waals surface area contributed by atoms with Gasteiger partial charge in [-0.2, -0.15) is 5.10 Å². The van der Waals surface area contributed by atoms with Crippen LogP contribution in [-0.2, 0) is 11.2 Å². The molecule has 2 rings (SSSR count). The molecule has 0 bridgehead atoms. The van der Waals surface area contributed by atoms with Gasteiger partial charge in [-0.1, -0.05) is 18.2 Å².